The van der Waals surface area contributed by atoms with E-state index >= 15 is 0 Å². The van der Waals surface area contributed by atoms with Crippen LogP contribution in [-0.2, 0) is 9.53 Å². The van der Waals surface area contributed by atoms with Crippen molar-refractivity contribution in [3.8, 4) is 22.8 Å². The van der Waals surface area contributed by atoms with Gasteiger partial charge in [0.1, 0.15) is 17.5 Å². The Labute approximate surface area is 237 Å². The summed E-state index contributed by atoms with van der Waals surface area (Å²) in [6.07, 6.45) is 6.50. The molecule has 0 fully saturated rings. The molecule has 0 aliphatic heterocycles. The van der Waals surface area contributed by atoms with E-state index in [1.54, 1.807) is 19.1 Å². The lowest BCUT2D eigenvalue weighted by Crippen LogP contribution is -2.48. The van der Waals surface area contributed by atoms with E-state index in [0.29, 0.717) is 24.7 Å². The van der Waals surface area contributed by atoms with Crippen LogP contribution >= 0.6 is 0 Å². The van der Waals surface area contributed by atoms with Crippen molar-refractivity contribution in [2.45, 2.75) is 51.5 Å². The molecule has 1 heterocycles. The molecule has 214 valence electrons. The second kappa shape index (κ2) is 16.1. The summed E-state index contributed by atoms with van der Waals surface area (Å²) in [5.41, 5.74) is 2.45. The Kier molecular flexibility index (Phi) is 12.3. The van der Waals surface area contributed by atoms with E-state index in [1.807, 2.05) is 67.6 Å². The van der Waals surface area contributed by atoms with Crippen molar-refractivity contribution in [1.29, 1.82) is 0 Å². The van der Waals surface area contributed by atoms with Crippen molar-refractivity contribution < 1.29 is 23.8 Å². The van der Waals surface area contributed by atoms with E-state index in [9.17, 15) is 9.59 Å². The lowest BCUT2D eigenvalue weighted by molar-refractivity contribution is -0.146. The molecule has 0 saturated carbocycles. The van der Waals surface area contributed by atoms with Crippen LogP contribution in [0, 0.1) is 0 Å². The Balaban J connectivity index is 1.75. The lowest BCUT2D eigenvalue weighted by atomic mass is 10.1. The number of nitrogens with zero attached hydrogens (tertiary/aromatic N) is 2. The molecule has 2 amide bonds. The normalized spacial score (nSPS) is 11.5. The van der Waals surface area contributed by atoms with Gasteiger partial charge in [0.2, 0.25) is 0 Å². The molecule has 0 saturated heterocycles. The monoisotopic (exact) mass is 547 g/mol. The van der Waals surface area contributed by atoms with Crippen LogP contribution in [0.1, 0.15) is 45.4 Å². The number of aromatic nitrogens is 1. The van der Waals surface area contributed by atoms with E-state index in [4.69, 9.17) is 19.2 Å². The molecular formula is C32H41N3O5. The van der Waals surface area contributed by atoms with Gasteiger partial charge in [-0.15, -0.1) is 6.58 Å². The highest BCUT2D eigenvalue weighted by molar-refractivity contribution is 5.89. The standard InChI is InChI=1S/C32H41N3O5/c1-5-7-9-13-19-35(3)32(37)34-27(31(36)40-20-8-6-2)18-21-39-30-23-28(24-14-11-10-12-15-24)33-29-22-25(38-4)16-17-26(29)30/h5,10-12,14-17,22-23,27H,1,6-9,13,18-21H2,2-4H3,(H,34,37)/t27-/m0/s1. The van der Waals surface area contributed by atoms with Gasteiger partial charge >= 0.3 is 12.0 Å². The molecule has 0 aliphatic rings. The molecule has 1 N–H and O–H groups in total. The van der Waals surface area contributed by atoms with Gasteiger partial charge in [0.15, 0.2) is 0 Å². The Bertz CT molecular complexity index is 1250. The highest BCUT2D eigenvalue weighted by Crippen LogP contribution is 2.32. The van der Waals surface area contributed by atoms with Crippen molar-refractivity contribution in [3.05, 3.63) is 67.3 Å². The van der Waals surface area contributed by atoms with Crippen molar-refractivity contribution in [3.63, 3.8) is 0 Å². The molecule has 0 radical (unpaired) electrons. The van der Waals surface area contributed by atoms with E-state index in [2.05, 4.69) is 11.9 Å². The van der Waals surface area contributed by atoms with Crippen molar-refractivity contribution in [2.24, 2.45) is 0 Å². The van der Waals surface area contributed by atoms with E-state index in [-0.39, 0.29) is 19.1 Å². The highest BCUT2D eigenvalue weighted by Gasteiger charge is 2.24. The molecule has 1 aromatic heterocycles. The molecule has 2 aromatic carbocycles. The molecule has 40 heavy (non-hydrogen) atoms. The minimum Gasteiger partial charge on any atom is -0.497 e. The summed E-state index contributed by atoms with van der Waals surface area (Å²) in [7, 11) is 3.34. The van der Waals surface area contributed by atoms with Gasteiger partial charge in [-0.05, 0) is 37.8 Å². The zero-order valence-corrected chi connectivity index (χ0v) is 23.9. The van der Waals surface area contributed by atoms with E-state index in [1.165, 1.54) is 0 Å². The van der Waals surface area contributed by atoms with E-state index < -0.39 is 12.0 Å². The summed E-state index contributed by atoms with van der Waals surface area (Å²) in [6.45, 7) is 6.85. The minimum atomic E-state index is -0.832. The number of carbonyl (C=O) groups excluding carboxylic acids is 2. The summed E-state index contributed by atoms with van der Waals surface area (Å²) in [5, 5.41) is 3.67. The molecule has 3 aromatic rings. The lowest BCUT2D eigenvalue weighted by Gasteiger charge is -2.23. The quantitative estimate of drug-likeness (QED) is 0.127. The highest BCUT2D eigenvalue weighted by atomic mass is 16.5. The number of rotatable bonds is 16. The fourth-order valence-corrected chi connectivity index (χ4v) is 4.13. The number of amides is 2. The number of benzene rings is 2. The van der Waals surface area contributed by atoms with Crippen LogP contribution in [0.25, 0.3) is 22.2 Å². The Morgan fingerprint density at radius 2 is 1.88 bits per heavy atom. The molecule has 0 spiro atoms. The average Bonchev–Trinajstić information content (AvgIpc) is 2.98. The van der Waals surface area contributed by atoms with Crippen molar-refractivity contribution >= 4 is 22.9 Å². The van der Waals surface area contributed by atoms with Gasteiger partial charge in [0.25, 0.3) is 0 Å². The number of pyridine rings is 1. The fraction of sp³-hybridized carbons (Fsp3) is 0.406. The van der Waals surface area contributed by atoms with Crippen LogP contribution < -0.4 is 14.8 Å². The van der Waals surface area contributed by atoms with Gasteiger partial charge in [0, 0.05) is 43.1 Å². The largest absolute Gasteiger partial charge is 0.497 e. The molecule has 3 rings (SSSR count). The molecule has 0 bridgehead atoms. The average molecular weight is 548 g/mol. The Morgan fingerprint density at radius 3 is 2.60 bits per heavy atom. The molecular weight excluding hydrogens is 506 g/mol. The summed E-state index contributed by atoms with van der Waals surface area (Å²) < 4.78 is 17.1. The number of fused-ring (bicyclic) bond motifs is 1. The summed E-state index contributed by atoms with van der Waals surface area (Å²) >= 11 is 0. The van der Waals surface area contributed by atoms with Gasteiger partial charge in [-0.25, -0.2) is 14.6 Å². The number of methoxy groups -OCH3 is 1. The van der Waals surface area contributed by atoms with Crippen LogP contribution in [-0.4, -0.2) is 61.8 Å². The number of hydrogen-bond acceptors (Lipinski definition) is 6. The molecule has 8 heteroatoms. The number of allylic oxidation sites excluding steroid dienone is 1. The first-order valence-electron chi connectivity index (χ1n) is 13.9. The number of hydrogen-bond donors (Lipinski definition) is 1. The third-order valence-electron chi connectivity index (χ3n) is 6.54. The Hall–Kier alpha value is -4.07. The summed E-state index contributed by atoms with van der Waals surface area (Å²) in [4.78, 5) is 32.2. The van der Waals surface area contributed by atoms with Gasteiger partial charge < -0.3 is 24.4 Å². The van der Waals surface area contributed by atoms with E-state index in [0.717, 1.165) is 54.3 Å². The summed E-state index contributed by atoms with van der Waals surface area (Å²) in [6, 6.07) is 16.2. The summed E-state index contributed by atoms with van der Waals surface area (Å²) in [5.74, 6) is 0.873. The maximum atomic E-state index is 12.9. The maximum absolute atomic E-state index is 12.9. The predicted octanol–water partition coefficient (Wildman–Crippen LogP) is 6.39. The van der Waals surface area contributed by atoms with Crippen LogP contribution in [0.4, 0.5) is 4.79 Å². The predicted molar refractivity (Wildman–Crippen MR) is 159 cm³/mol. The van der Waals surface area contributed by atoms with Crippen molar-refractivity contribution in [2.75, 3.05) is 33.9 Å². The third kappa shape index (κ3) is 9.00. The first-order chi connectivity index (χ1) is 19.5. The second-order valence-electron chi connectivity index (χ2n) is 9.62. The Morgan fingerprint density at radius 1 is 1.07 bits per heavy atom. The number of carbonyl (C=O) groups is 2. The topological polar surface area (TPSA) is 90.0 Å². The number of urea groups is 1. The number of unbranched alkanes of at least 4 members (excludes halogenated alkanes) is 3. The zero-order chi connectivity index (χ0) is 28.7. The SMILES string of the molecule is C=CCCCCN(C)C(=O)N[C@@H](CCOc1cc(-c2ccccc2)nc2cc(OC)ccc12)C(=O)OCCCC. The number of nitrogens with one attached hydrogen (secondary N) is 1. The second-order valence-corrected chi connectivity index (χ2v) is 9.62. The zero-order valence-electron chi connectivity index (χ0n) is 23.9. The maximum Gasteiger partial charge on any atom is 0.328 e. The molecule has 0 aliphatic carbocycles. The third-order valence-corrected chi connectivity index (χ3v) is 6.54. The minimum absolute atomic E-state index is 0.191. The van der Waals surface area contributed by atoms with Crippen LogP contribution in [0.15, 0.2) is 67.3 Å². The first kappa shape index (κ1) is 30.5. The van der Waals surface area contributed by atoms with Crippen LogP contribution in [0.5, 0.6) is 11.5 Å². The van der Waals surface area contributed by atoms with Gasteiger partial charge in [0.05, 0.1) is 31.5 Å². The van der Waals surface area contributed by atoms with Crippen molar-refractivity contribution in [1.82, 2.24) is 15.2 Å². The number of esters is 1. The van der Waals surface area contributed by atoms with Gasteiger partial charge in [-0.2, -0.15) is 0 Å². The first-order valence-corrected chi connectivity index (χ1v) is 13.9. The molecule has 1 atom stereocenters. The fourth-order valence-electron chi connectivity index (χ4n) is 4.13. The molecule has 8 nitrogen and oxygen atoms in total. The van der Waals surface area contributed by atoms with Crippen LogP contribution in [0.3, 0.4) is 0 Å². The van der Waals surface area contributed by atoms with Gasteiger partial charge in [-0.3, -0.25) is 0 Å². The molecule has 0 unspecified atom stereocenters. The van der Waals surface area contributed by atoms with Crippen LogP contribution in [0.2, 0.25) is 0 Å². The van der Waals surface area contributed by atoms with Gasteiger partial charge in [-0.1, -0.05) is 49.8 Å². The smallest absolute Gasteiger partial charge is 0.328 e. The number of ether oxygens (including phenoxy) is 3.